The monoisotopic (exact) mass is 247 g/mol. The van der Waals surface area contributed by atoms with Gasteiger partial charge in [0, 0.05) is 25.3 Å². The summed E-state index contributed by atoms with van der Waals surface area (Å²) < 4.78 is 5.34. The van der Waals surface area contributed by atoms with Crippen LogP contribution in [0.4, 0.5) is 11.4 Å². The number of nitrogens with zero attached hydrogens (tertiary/aromatic N) is 2. The zero-order valence-corrected chi connectivity index (χ0v) is 10.4. The molecule has 1 fully saturated rings. The smallest absolute Gasteiger partial charge is 0.340 e. The van der Waals surface area contributed by atoms with E-state index in [9.17, 15) is 4.79 Å². The summed E-state index contributed by atoms with van der Waals surface area (Å²) in [6, 6.07) is 5.71. The highest BCUT2D eigenvalue weighted by atomic mass is 16.5. The maximum atomic E-state index is 12.0. The molecule has 2 heterocycles. The van der Waals surface area contributed by atoms with E-state index in [0.717, 1.165) is 25.3 Å². The number of nitrogens with two attached hydrogens (primary N) is 1. The molecule has 1 saturated heterocycles. The van der Waals surface area contributed by atoms with Gasteiger partial charge in [-0.05, 0) is 25.2 Å². The number of ether oxygens (including phenoxy) is 1. The van der Waals surface area contributed by atoms with Crippen LogP contribution in [-0.4, -0.2) is 50.2 Å². The third-order valence-corrected chi connectivity index (χ3v) is 3.64. The van der Waals surface area contributed by atoms with Crippen molar-refractivity contribution >= 4 is 17.3 Å². The summed E-state index contributed by atoms with van der Waals surface area (Å²) in [6.07, 6.45) is 0. The van der Waals surface area contributed by atoms with Crippen molar-refractivity contribution in [2.75, 3.05) is 43.9 Å². The van der Waals surface area contributed by atoms with Crippen LogP contribution in [0.5, 0.6) is 0 Å². The van der Waals surface area contributed by atoms with E-state index >= 15 is 0 Å². The molecule has 0 amide bonds. The molecule has 0 aromatic heterocycles. The molecular weight excluding hydrogens is 230 g/mol. The van der Waals surface area contributed by atoms with E-state index in [2.05, 4.69) is 16.8 Å². The lowest BCUT2D eigenvalue weighted by atomic mass is 10.1. The molecule has 1 atom stereocenters. The van der Waals surface area contributed by atoms with Crippen molar-refractivity contribution in [3.05, 3.63) is 23.8 Å². The lowest BCUT2D eigenvalue weighted by Crippen LogP contribution is -2.53. The molecular formula is C13H17N3O2. The van der Waals surface area contributed by atoms with Crippen molar-refractivity contribution < 1.29 is 9.53 Å². The first kappa shape index (κ1) is 11.3. The summed E-state index contributed by atoms with van der Waals surface area (Å²) >= 11 is 0. The predicted molar refractivity (Wildman–Crippen MR) is 69.8 cm³/mol. The zero-order valence-electron chi connectivity index (χ0n) is 10.4. The number of hydrogen-bond acceptors (Lipinski definition) is 5. The molecule has 96 valence electrons. The number of rotatable bonds is 0. The highest BCUT2D eigenvalue weighted by Crippen LogP contribution is 2.30. The van der Waals surface area contributed by atoms with E-state index in [4.69, 9.17) is 10.5 Å². The Kier molecular flexibility index (Phi) is 2.63. The number of fused-ring (bicyclic) bond motifs is 3. The Morgan fingerprint density at radius 2 is 2.22 bits per heavy atom. The SMILES string of the molecule is CN1CCN2c3ccc(N)cc3C(=O)OCC2C1. The first-order valence-corrected chi connectivity index (χ1v) is 6.17. The van der Waals surface area contributed by atoms with Gasteiger partial charge in [-0.15, -0.1) is 0 Å². The minimum atomic E-state index is -0.269. The van der Waals surface area contributed by atoms with Crippen molar-refractivity contribution in [1.29, 1.82) is 0 Å². The fourth-order valence-corrected chi connectivity index (χ4v) is 2.69. The number of esters is 1. The van der Waals surface area contributed by atoms with Gasteiger partial charge in [0.2, 0.25) is 0 Å². The van der Waals surface area contributed by atoms with Crippen LogP contribution in [0.25, 0.3) is 0 Å². The second-order valence-corrected chi connectivity index (χ2v) is 4.98. The third-order valence-electron chi connectivity index (χ3n) is 3.64. The van der Waals surface area contributed by atoms with Crippen LogP contribution in [0.2, 0.25) is 0 Å². The van der Waals surface area contributed by atoms with Gasteiger partial charge in [-0.25, -0.2) is 4.79 Å². The summed E-state index contributed by atoms with van der Waals surface area (Å²) in [7, 11) is 2.09. The standard InChI is InChI=1S/C13H17N3O2/c1-15-4-5-16-10(7-15)8-18-13(17)11-6-9(14)2-3-12(11)16/h2-3,6,10H,4-5,7-8,14H2,1H3. The fourth-order valence-electron chi connectivity index (χ4n) is 2.69. The van der Waals surface area contributed by atoms with Crippen molar-refractivity contribution in [3.8, 4) is 0 Å². The summed E-state index contributed by atoms with van der Waals surface area (Å²) in [5.74, 6) is -0.269. The predicted octanol–water partition coefficient (Wildman–Crippen LogP) is 0.560. The first-order chi connectivity index (χ1) is 8.65. The van der Waals surface area contributed by atoms with Crippen molar-refractivity contribution in [2.45, 2.75) is 6.04 Å². The second-order valence-electron chi connectivity index (χ2n) is 4.98. The molecule has 18 heavy (non-hydrogen) atoms. The Morgan fingerprint density at radius 1 is 1.39 bits per heavy atom. The number of carbonyl (C=O) groups excluding carboxylic acids is 1. The quantitative estimate of drug-likeness (QED) is 0.536. The number of carbonyl (C=O) groups is 1. The van der Waals surface area contributed by atoms with Crippen LogP contribution < -0.4 is 10.6 Å². The van der Waals surface area contributed by atoms with E-state index in [1.165, 1.54) is 0 Å². The molecule has 1 unspecified atom stereocenters. The Bertz CT molecular complexity index is 489. The summed E-state index contributed by atoms with van der Waals surface area (Å²) in [4.78, 5) is 16.5. The molecule has 1 aromatic rings. The molecule has 1 aromatic carbocycles. The third kappa shape index (κ3) is 1.80. The van der Waals surface area contributed by atoms with Crippen molar-refractivity contribution in [3.63, 3.8) is 0 Å². The van der Waals surface area contributed by atoms with Crippen molar-refractivity contribution in [2.24, 2.45) is 0 Å². The summed E-state index contributed by atoms with van der Waals surface area (Å²) in [6.45, 7) is 3.26. The number of hydrogen-bond donors (Lipinski definition) is 1. The fraction of sp³-hybridized carbons (Fsp3) is 0.462. The van der Waals surface area contributed by atoms with E-state index in [-0.39, 0.29) is 12.0 Å². The van der Waals surface area contributed by atoms with E-state index < -0.39 is 0 Å². The van der Waals surface area contributed by atoms with E-state index in [1.54, 1.807) is 6.07 Å². The Morgan fingerprint density at radius 3 is 3.06 bits per heavy atom. The Hall–Kier alpha value is -1.75. The highest BCUT2D eigenvalue weighted by Gasteiger charge is 2.32. The van der Waals surface area contributed by atoms with E-state index in [1.807, 2.05) is 12.1 Å². The molecule has 2 aliphatic heterocycles. The molecule has 2 aliphatic rings. The van der Waals surface area contributed by atoms with Crippen LogP contribution in [-0.2, 0) is 4.74 Å². The van der Waals surface area contributed by atoms with Gasteiger partial charge in [0.25, 0.3) is 0 Å². The van der Waals surface area contributed by atoms with Crippen LogP contribution in [0.1, 0.15) is 10.4 Å². The molecule has 5 heteroatoms. The molecule has 0 saturated carbocycles. The number of nitrogen functional groups attached to an aromatic ring is 1. The molecule has 0 bridgehead atoms. The van der Waals surface area contributed by atoms with Crippen LogP contribution in [0.15, 0.2) is 18.2 Å². The van der Waals surface area contributed by atoms with Crippen molar-refractivity contribution in [1.82, 2.24) is 4.90 Å². The summed E-state index contributed by atoms with van der Waals surface area (Å²) in [5.41, 5.74) is 7.88. The molecule has 2 N–H and O–H groups in total. The second kappa shape index (κ2) is 4.17. The number of piperazine rings is 1. The van der Waals surface area contributed by atoms with Gasteiger partial charge in [0.15, 0.2) is 0 Å². The van der Waals surface area contributed by atoms with Crippen LogP contribution in [0.3, 0.4) is 0 Å². The van der Waals surface area contributed by atoms with Gasteiger partial charge in [-0.3, -0.25) is 0 Å². The molecule has 0 radical (unpaired) electrons. The minimum absolute atomic E-state index is 0.234. The number of likely N-dealkylation sites (N-methyl/N-ethyl adjacent to an activating group) is 1. The molecule has 3 rings (SSSR count). The average molecular weight is 247 g/mol. The number of anilines is 2. The summed E-state index contributed by atoms with van der Waals surface area (Å²) in [5, 5.41) is 0. The van der Waals surface area contributed by atoms with Gasteiger partial charge in [0.1, 0.15) is 6.61 Å². The van der Waals surface area contributed by atoms with Crippen LogP contribution in [0, 0.1) is 0 Å². The minimum Gasteiger partial charge on any atom is -0.460 e. The van der Waals surface area contributed by atoms with Gasteiger partial charge in [-0.2, -0.15) is 0 Å². The topological polar surface area (TPSA) is 58.8 Å². The van der Waals surface area contributed by atoms with Gasteiger partial charge in [-0.1, -0.05) is 0 Å². The molecule has 5 nitrogen and oxygen atoms in total. The van der Waals surface area contributed by atoms with Gasteiger partial charge in [0.05, 0.1) is 17.3 Å². The lowest BCUT2D eigenvalue weighted by molar-refractivity contribution is 0.0470. The maximum absolute atomic E-state index is 12.0. The number of cyclic esters (lactones) is 1. The zero-order chi connectivity index (χ0) is 12.7. The molecule has 0 spiro atoms. The normalized spacial score (nSPS) is 23.9. The van der Waals surface area contributed by atoms with E-state index in [0.29, 0.717) is 17.9 Å². The Labute approximate surface area is 106 Å². The largest absolute Gasteiger partial charge is 0.460 e. The first-order valence-electron chi connectivity index (χ1n) is 6.17. The average Bonchev–Trinajstić information content (AvgIpc) is 2.48. The molecule has 0 aliphatic carbocycles. The van der Waals surface area contributed by atoms with Crippen LogP contribution >= 0.6 is 0 Å². The van der Waals surface area contributed by atoms with Gasteiger partial charge >= 0.3 is 5.97 Å². The maximum Gasteiger partial charge on any atom is 0.340 e. The number of benzene rings is 1. The Balaban J connectivity index is 2.04. The van der Waals surface area contributed by atoms with Gasteiger partial charge < -0.3 is 20.3 Å². The highest BCUT2D eigenvalue weighted by molar-refractivity contribution is 5.97. The lowest BCUT2D eigenvalue weighted by Gasteiger charge is -2.40.